The Balaban J connectivity index is 1.74. The van der Waals surface area contributed by atoms with Gasteiger partial charge in [0.15, 0.2) is 0 Å². The first-order chi connectivity index (χ1) is 13.7. The Kier molecular flexibility index (Phi) is 7.00. The number of sulfonamides is 1. The molecule has 0 aliphatic carbocycles. The Hall–Kier alpha value is -1.46. The largest absolute Gasteiger partial charge is 0.506 e. The molecule has 1 aliphatic rings. The number of hydrogen-bond donors (Lipinski definition) is 2. The monoisotopic (exact) mass is 563 g/mol. The minimum Gasteiger partial charge on any atom is -0.506 e. The van der Waals surface area contributed by atoms with Gasteiger partial charge < -0.3 is 5.11 Å². The molecule has 2 aromatic rings. The van der Waals surface area contributed by atoms with Crippen LogP contribution in [0.4, 0.5) is 0 Å². The first-order valence-electron chi connectivity index (χ1n) is 8.48. The van der Waals surface area contributed by atoms with Crippen molar-refractivity contribution < 1.29 is 18.3 Å². The highest BCUT2D eigenvalue weighted by molar-refractivity contribution is 9.11. The molecule has 0 radical (unpaired) electrons. The fraction of sp³-hybridized carbons (Fsp3) is 0.222. The number of nitrogens with one attached hydrogen (secondary N) is 1. The quantitative estimate of drug-likeness (QED) is 0.425. The van der Waals surface area contributed by atoms with E-state index < -0.39 is 22.0 Å². The highest BCUT2D eigenvalue weighted by Crippen LogP contribution is 2.31. The van der Waals surface area contributed by atoms with Crippen LogP contribution in [-0.2, 0) is 14.8 Å². The van der Waals surface area contributed by atoms with Gasteiger partial charge in [-0.05, 0) is 65.2 Å². The number of carbonyl (C=O) groups is 1. The van der Waals surface area contributed by atoms with Crippen LogP contribution >= 0.6 is 43.5 Å². The van der Waals surface area contributed by atoms with Gasteiger partial charge in [-0.25, -0.2) is 13.8 Å². The predicted molar refractivity (Wildman–Crippen MR) is 118 cm³/mol. The van der Waals surface area contributed by atoms with Crippen molar-refractivity contribution in [1.29, 1.82) is 0 Å². The van der Waals surface area contributed by atoms with Crippen LogP contribution in [-0.4, -0.2) is 42.5 Å². The second-order valence-corrected chi connectivity index (χ2v) is 10.4. The highest BCUT2D eigenvalue weighted by Gasteiger charge is 2.39. The summed E-state index contributed by atoms with van der Waals surface area (Å²) in [5.74, 6) is -0.566. The zero-order chi connectivity index (χ0) is 21.2. The van der Waals surface area contributed by atoms with Gasteiger partial charge in [0.25, 0.3) is 5.91 Å². The number of phenols is 1. The molecule has 11 heteroatoms. The minimum atomic E-state index is -3.84. The molecule has 29 heavy (non-hydrogen) atoms. The van der Waals surface area contributed by atoms with Crippen LogP contribution in [0, 0.1) is 0 Å². The number of hydrazone groups is 1. The average Bonchev–Trinajstić information content (AvgIpc) is 3.16. The highest BCUT2D eigenvalue weighted by atomic mass is 79.9. The van der Waals surface area contributed by atoms with Crippen LogP contribution in [0.25, 0.3) is 0 Å². The van der Waals surface area contributed by atoms with Gasteiger partial charge >= 0.3 is 0 Å². The number of aromatic hydroxyl groups is 1. The van der Waals surface area contributed by atoms with E-state index >= 15 is 0 Å². The van der Waals surface area contributed by atoms with Gasteiger partial charge in [-0.1, -0.05) is 27.5 Å². The second kappa shape index (κ2) is 9.13. The summed E-state index contributed by atoms with van der Waals surface area (Å²) in [5, 5.41) is 14.3. The van der Waals surface area contributed by atoms with E-state index in [4.69, 9.17) is 11.6 Å². The Morgan fingerprint density at radius 3 is 2.66 bits per heavy atom. The maximum absolute atomic E-state index is 12.9. The van der Waals surface area contributed by atoms with Gasteiger partial charge in [0.1, 0.15) is 11.8 Å². The van der Waals surface area contributed by atoms with Crippen molar-refractivity contribution in [3.63, 3.8) is 0 Å². The molecule has 1 heterocycles. The van der Waals surface area contributed by atoms with E-state index in [2.05, 4.69) is 42.4 Å². The number of phenolic OH excluding ortho intramolecular Hbond substituents is 1. The van der Waals surface area contributed by atoms with E-state index in [-0.39, 0.29) is 17.2 Å². The summed E-state index contributed by atoms with van der Waals surface area (Å²) in [6.45, 7) is 0.242. The third-order valence-corrected chi connectivity index (χ3v) is 7.60. The van der Waals surface area contributed by atoms with Crippen molar-refractivity contribution in [2.75, 3.05) is 6.54 Å². The van der Waals surface area contributed by atoms with Crippen molar-refractivity contribution in [2.24, 2.45) is 5.10 Å². The van der Waals surface area contributed by atoms with Crippen molar-refractivity contribution in [2.45, 2.75) is 23.8 Å². The van der Waals surface area contributed by atoms with Crippen LogP contribution in [0.15, 0.2) is 55.3 Å². The lowest BCUT2D eigenvalue weighted by Crippen LogP contribution is -2.44. The summed E-state index contributed by atoms with van der Waals surface area (Å²) in [6.07, 6.45) is 2.24. The van der Waals surface area contributed by atoms with Crippen molar-refractivity contribution in [1.82, 2.24) is 9.73 Å². The molecule has 1 atom stereocenters. The first kappa shape index (κ1) is 22.2. The SMILES string of the molecule is O=C(N/N=C\c1cc(Br)cc(Br)c1O)[C@@H]1CCCN1S(=O)(=O)c1ccc(Cl)cc1. The summed E-state index contributed by atoms with van der Waals surface area (Å²) >= 11 is 12.4. The lowest BCUT2D eigenvalue weighted by Gasteiger charge is -2.22. The minimum absolute atomic E-state index is 0.0287. The predicted octanol–water partition coefficient (Wildman–Crippen LogP) is 3.87. The molecular weight excluding hydrogens is 550 g/mol. The van der Waals surface area contributed by atoms with E-state index in [1.807, 2.05) is 0 Å². The molecule has 7 nitrogen and oxygen atoms in total. The second-order valence-electron chi connectivity index (χ2n) is 6.29. The molecule has 3 rings (SSSR count). The van der Waals surface area contributed by atoms with Gasteiger partial charge in [0.05, 0.1) is 15.6 Å². The Morgan fingerprint density at radius 1 is 1.28 bits per heavy atom. The van der Waals surface area contributed by atoms with Crippen LogP contribution < -0.4 is 5.43 Å². The van der Waals surface area contributed by atoms with Gasteiger partial charge in [-0.2, -0.15) is 9.41 Å². The van der Waals surface area contributed by atoms with Crippen molar-refractivity contribution in [3.8, 4) is 5.75 Å². The number of hydrogen-bond acceptors (Lipinski definition) is 5. The van der Waals surface area contributed by atoms with E-state index in [0.29, 0.717) is 32.4 Å². The van der Waals surface area contributed by atoms with E-state index in [9.17, 15) is 18.3 Å². The van der Waals surface area contributed by atoms with Crippen molar-refractivity contribution in [3.05, 3.63) is 55.9 Å². The number of rotatable bonds is 5. The smallest absolute Gasteiger partial charge is 0.258 e. The third kappa shape index (κ3) is 5.00. The fourth-order valence-corrected chi connectivity index (χ4v) is 6.00. The van der Waals surface area contributed by atoms with Gasteiger partial charge in [-0.3, -0.25) is 4.79 Å². The number of halogens is 3. The Bertz CT molecular complexity index is 1060. The normalized spacial score (nSPS) is 17.7. The molecular formula is C18H16Br2ClN3O4S. The zero-order valence-corrected chi connectivity index (χ0v) is 19.6. The fourth-order valence-electron chi connectivity index (χ4n) is 2.96. The molecule has 1 aliphatic heterocycles. The third-order valence-electron chi connectivity index (χ3n) is 4.36. The van der Waals surface area contributed by atoms with Crippen molar-refractivity contribution >= 4 is 65.6 Å². The van der Waals surface area contributed by atoms with E-state index in [1.54, 1.807) is 12.1 Å². The maximum atomic E-state index is 12.9. The molecule has 0 bridgehead atoms. The number of carbonyl (C=O) groups excluding carboxylic acids is 1. The first-order valence-corrected chi connectivity index (χ1v) is 11.9. The van der Waals surface area contributed by atoms with E-state index in [0.717, 1.165) is 0 Å². The van der Waals surface area contributed by atoms with Gasteiger partial charge in [0, 0.05) is 21.6 Å². The summed E-state index contributed by atoms with van der Waals surface area (Å²) in [5.41, 5.74) is 2.74. The summed E-state index contributed by atoms with van der Waals surface area (Å²) in [7, 11) is -3.84. The van der Waals surface area contributed by atoms with Crippen LogP contribution in [0.5, 0.6) is 5.75 Å². The molecule has 1 fully saturated rings. The number of benzene rings is 2. The number of nitrogens with zero attached hydrogens (tertiary/aromatic N) is 2. The standard InChI is InChI=1S/C18H16Br2ClN3O4S/c19-12-8-11(17(25)15(20)9-12)10-22-23-18(26)16-2-1-7-24(16)29(27,28)14-5-3-13(21)4-6-14/h3-6,8-10,16,25H,1-2,7H2,(H,23,26)/b22-10-/t16-/m0/s1. The molecule has 0 spiro atoms. The average molecular weight is 566 g/mol. The summed E-state index contributed by atoms with van der Waals surface area (Å²) in [6, 6.07) is 8.24. The lowest BCUT2D eigenvalue weighted by atomic mass is 10.2. The molecule has 1 saturated heterocycles. The Morgan fingerprint density at radius 2 is 1.97 bits per heavy atom. The van der Waals surface area contributed by atoms with Gasteiger partial charge in [-0.15, -0.1) is 0 Å². The lowest BCUT2D eigenvalue weighted by molar-refractivity contribution is -0.124. The molecule has 154 valence electrons. The van der Waals surface area contributed by atoms with Crippen LogP contribution in [0.1, 0.15) is 18.4 Å². The van der Waals surface area contributed by atoms with Gasteiger partial charge in [0.2, 0.25) is 10.0 Å². The topological polar surface area (TPSA) is 99.1 Å². The zero-order valence-electron chi connectivity index (χ0n) is 14.8. The van der Waals surface area contributed by atoms with E-state index in [1.165, 1.54) is 34.8 Å². The van der Waals surface area contributed by atoms with Crippen LogP contribution in [0.3, 0.4) is 0 Å². The molecule has 0 unspecified atom stereocenters. The molecule has 2 N–H and O–H groups in total. The van der Waals surface area contributed by atoms with Crippen LogP contribution in [0.2, 0.25) is 5.02 Å². The molecule has 1 amide bonds. The molecule has 0 aromatic heterocycles. The molecule has 2 aromatic carbocycles. The summed E-state index contributed by atoms with van der Waals surface area (Å²) < 4.78 is 28.1. The summed E-state index contributed by atoms with van der Waals surface area (Å²) in [4.78, 5) is 12.6. The Labute approximate surface area is 190 Å². The molecule has 0 saturated carbocycles. The number of amides is 1. The maximum Gasteiger partial charge on any atom is 0.258 e.